The van der Waals surface area contributed by atoms with Gasteiger partial charge in [-0.15, -0.1) is 0 Å². The number of nitrogens with one attached hydrogen (secondary N) is 1. The smallest absolute Gasteiger partial charge is 0.416 e. The van der Waals surface area contributed by atoms with Crippen molar-refractivity contribution >= 4 is 23.5 Å². The Balaban J connectivity index is 1.68. The van der Waals surface area contributed by atoms with Crippen molar-refractivity contribution in [1.82, 2.24) is 4.90 Å². The fourth-order valence-corrected chi connectivity index (χ4v) is 4.14. The van der Waals surface area contributed by atoms with Gasteiger partial charge in [-0.2, -0.15) is 18.3 Å². The number of piperidine rings is 1. The van der Waals surface area contributed by atoms with E-state index in [1.54, 1.807) is 18.2 Å². The van der Waals surface area contributed by atoms with Crippen LogP contribution in [-0.2, 0) is 11.0 Å². The molecule has 2 unspecified atom stereocenters. The maximum Gasteiger partial charge on any atom is 0.416 e. The van der Waals surface area contributed by atoms with Crippen molar-refractivity contribution in [3.63, 3.8) is 0 Å². The topological polar surface area (TPSA) is 106 Å². The Bertz CT molecular complexity index is 1130. The van der Waals surface area contributed by atoms with Gasteiger partial charge >= 0.3 is 6.18 Å². The molecule has 0 saturated carbocycles. The van der Waals surface area contributed by atoms with Crippen molar-refractivity contribution < 1.29 is 32.4 Å². The van der Waals surface area contributed by atoms with Crippen LogP contribution < -0.4 is 14.9 Å². The molecular formula is C24H27F3N4O5. The first kappa shape index (κ1) is 26.8. The number of hydrogen-bond donors (Lipinski definition) is 1. The van der Waals surface area contributed by atoms with Gasteiger partial charge in [0.15, 0.2) is 18.1 Å². The number of hydrazone groups is 1. The Morgan fingerprint density at radius 3 is 2.50 bits per heavy atom. The van der Waals surface area contributed by atoms with Gasteiger partial charge in [-0.25, -0.2) is 0 Å². The molecule has 1 saturated heterocycles. The summed E-state index contributed by atoms with van der Waals surface area (Å²) in [6.07, 6.45) is -0.392. The predicted molar refractivity (Wildman–Crippen MR) is 127 cm³/mol. The fraction of sp³-hybridized carbons (Fsp3) is 0.417. The van der Waals surface area contributed by atoms with Crippen molar-refractivity contribution in [1.29, 1.82) is 0 Å². The fourth-order valence-electron chi connectivity index (χ4n) is 4.14. The number of alkyl halides is 3. The van der Waals surface area contributed by atoms with Gasteiger partial charge in [0.25, 0.3) is 11.6 Å². The van der Waals surface area contributed by atoms with E-state index in [0.717, 1.165) is 31.4 Å². The summed E-state index contributed by atoms with van der Waals surface area (Å²) in [5, 5.41) is 15.1. The van der Waals surface area contributed by atoms with Crippen LogP contribution in [0, 0.1) is 10.1 Å². The highest BCUT2D eigenvalue weighted by atomic mass is 19.4. The second-order valence-corrected chi connectivity index (χ2v) is 8.49. The summed E-state index contributed by atoms with van der Waals surface area (Å²) in [5.41, 5.74) is 0.826. The van der Waals surface area contributed by atoms with Gasteiger partial charge in [-0.3, -0.25) is 20.3 Å². The van der Waals surface area contributed by atoms with Crippen LogP contribution in [0.5, 0.6) is 11.5 Å². The van der Waals surface area contributed by atoms with Gasteiger partial charge in [-0.05, 0) is 69.0 Å². The van der Waals surface area contributed by atoms with Gasteiger partial charge in [-0.1, -0.05) is 0 Å². The molecule has 0 radical (unpaired) electrons. The van der Waals surface area contributed by atoms with E-state index in [2.05, 4.69) is 10.5 Å². The Kier molecular flexibility index (Phi) is 8.38. The molecule has 1 amide bonds. The number of nitro benzene ring substituents is 1. The van der Waals surface area contributed by atoms with E-state index in [9.17, 15) is 28.1 Å². The lowest BCUT2D eigenvalue weighted by Gasteiger charge is -2.39. The zero-order valence-electron chi connectivity index (χ0n) is 20.0. The number of rotatable bonds is 8. The summed E-state index contributed by atoms with van der Waals surface area (Å²) < 4.78 is 49.6. The predicted octanol–water partition coefficient (Wildman–Crippen LogP) is 5.24. The summed E-state index contributed by atoms with van der Waals surface area (Å²) in [7, 11) is 1.43. The van der Waals surface area contributed by atoms with Gasteiger partial charge < -0.3 is 14.4 Å². The number of likely N-dealkylation sites (tertiary alicyclic amines) is 1. The minimum Gasteiger partial charge on any atom is -0.493 e. The van der Waals surface area contributed by atoms with Crippen LogP contribution in [0.3, 0.4) is 0 Å². The standard InChI is InChI=1S/C24H27F3N4O5/c1-15-5-4-6-16(2)30(15)23(32)14-36-21-10-7-17(11-22(21)35-3)13-28-29-19-9-8-18(24(25,26)27)12-20(19)31(33)34/h7-13,15-16,29H,4-6,14H2,1-3H3/b28-13+. The summed E-state index contributed by atoms with van der Waals surface area (Å²) in [5.74, 6) is 0.586. The second-order valence-electron chi connectivity index (χ2n) is 8.49. The first-order chi connectivity index (χ1) is 17.0. The van der Waals surface area contributed by atoms with E-state index in [4.69, 9.17) is 9.47 Å². The normalized spacial score (nSPS) is 18.2. The first-order valence-electron chi connectivity index (χ1n) is 11.3. The van der Waals surface area contributed by atoms with Crippen LogP contribution in [0.25, 0.3) is 0 Å². The van der Waals surface area contributed by atoms with Gasteiger partial charge in [0, 0.05) is 18.2 Å². The number of anilines is 1. The zero-order chi connectivity index (χ0) is 26.5. The molecule has 0 aliphatic carbocycles. The van der Waals surface area contributed by atoms with Crippen molar-refractivity contribution in [3.8, 4) is 11.5 Å². The maximum absolute atomic E-state index is 12.9. The minimum atomic E-state index is -4.71. The highest BCUT2D eigenvalue weighted by Crippen LogP contribution is 2.35. The number of hydrogen-bond acceptors (Lipinski definition) is 7. The monoisotopic (exact) mass is 508 g/mol. The number of methoxy groups -OCH3 is 1. The van der Waals surface area contributed by atoms with E-state index < -0.39 is 22.4 Å². The molecule has 1 aliphatic heterocycles. The number of carbonyl (C=O) groups is 1. The van der Waals surface area contributed by atoms with Crippen LogP contribution in [0.2, 0.25) is 0 Å². The van der Waals surface area contributed by atoms with Crippen LogP contribution in [0.1, 0.15) is 44.2 Å². The molecule has 0 spiro atoms. The van der Waals surface area contributed by atoms with Gasteiger partial charge in [0.2, 0.25) is 0 Å². The summed E-state index contributed by atoms with van der Waals surface area (Å²) in [6.45, 7) is 3.91. The minimum absolute atomic E-state index is 0.107. The Morgan fingerprint density at radius 2 is 1.89 bits per heavy atom. The lowest BCUT2D eigenvalue weighted by atomic mass is 9.97. The Labute approximate surface area is 206 Å². The Hall–Kier alpha value is -3.83. The van der Waals surface area contributed by atoms with Crippen LogP contribution in [0.4, 0.5) is 24.5 Å². The summed E-state index contributed by atoms with van der Waals surface area (Å²) in [6, 6.07) is 7.22. The molecule has 12 heteroatoms. The third-order valence-electron chi connectivity index (χ3n) is 5.94. The van der Waals surface area contributed by atoms with Crippen molar-refractivity contribution in [2.24, 2.45) is 5.10 Å². The summed E-state index contributed by atoms with van der Waals surface area (Å²) >= 11 is 0. The van der Waals surface area contributed by atoms with Crippen molar-refractivity contribution in [2.45, 2.75) is 51.4 Å². The van der Waals surface area contributed by atoms with Gasteiger partial charge in [0.1, 0.15) is 5.69 Å². The highest BCUT2D eigenvalue weighted by molar-refractivity contribution is 5.82. The number of nitro groups is 1. The number of halogens is 3. The lowest BCUT2D eigenvalue weighted by molar-refractivity contribution is -0.384. The molecule has 2 aromatic carbocycles. The van der Waals surface area contributed by atoms with Crippen LogP contribution in [-0.4, -0.2) is 47.7 Å². The summed E-state index contributed by atoms with van der Waals surface area (Å²) in [4.78, 5) is 24.8. The van der Waals surface area contributed by atoms with Crippen LogP contribution in [0.15, 0.2) is 41.5 Å². The largest absolute Gasteiger partial charge is 0.493 e. The third-order valence-corrected chi connectivity index (χ3v) is 5.94. The van der Waals surface area contributed by atoms with E-state index in [-0.39, 0.29) is 30.3 Å². The number of ether oxygens (including phenoxy) is 2. The molecule has 2 aromatic rings. The van der Waals surface area contributed by atoms with E-state index in [1.165, 1.54) is 13.3 Å². The van der Waals surface area contributed by atoms with Crippen LogP contribution >= 0.6 is 0 Å². The van der Waals surface area contributed by atoms with E-state index in [0.29, 0.717) is 23.1 Å². The van der Waals surface area contributed by atoms with Crippen molar-refractivity contribution in [3.05, 3.63) is 57.6 Å². The molecule has 194 valence electrons. The van der Waals surface area contributed by atoms with Crippen molar-refractivity contribution in [2.75, 3.05) is 19.1 Å². The maximum atomic E-state index is 12.9. The molecule has 0 aromatic heterocycles. The quantitative estimate of drug-likeness (QED) is 0.297. The molecule has 1 heterocycles. The average molecular weight is 508 g/mol. The average Bonchev–Trinajstić information content (AvgIpc) is 2.82. The number of carbonyl (C=O) groups excluding carboxylic acids is 1. The third kappa shape index (κ3) is 6.43. The first-order valence-corrected chi connectivity index (χ1v) is 11.3. The molecule has 3 rings (SSSR count). The molecule has 36 heavy (non-hydrogen) atoms. The highest BCUT2D eigenvalue weighted by Gasteiger charge is 2.33. The molecule has 0 bridgehead atoms. The second kappa shape index (κ2) is 11.3. The molecular weight excluding hydrogens is 481 g/mol. The SMILES string of the molecule is COc1cc(/C=N/Nc2ccc(C(F)(F)F)cc2[N+](=O)[O-])ccc1OCC(=O)N1C(C)CCCC1C. The number of amides is 1. The molecule has 1 N–H and O–H groups in total. The zero-order valence-corrected chi connectivity index (χ0v) is 20.0. The Morgan fingerprint density at radius 1 is 1.19 bits per heavy atom. The van der Waals surface area contributed by atoms with Gasteiger partial charge in [0.05, 0.1) is 23.8 Å². The van der Waals surface area contributed by atoms with E-state index in [1.807, 2.05) is 18.7 Å². The molecule has 1 fully saturated rings. The molecule has 9 nitrogen and oxygen atoms in total. The lowest BCUT2D eigenvalue weighted by Crippen LogP contribution is -2.49. The number of nitrogens with zero attached hydrogens (tertiary/aromatic N) is 3. The molecule has 2 atom stereocenters. The molecule has 1 aliphatic rings. The number of benzene rings is 2. The van der Waals surface area contributed by atoms with E-state index >= 15 is 0 Å².